The Morgan fingerprint density at radius 1 is 1.35 bits per heavy atom. The Morgan fingerprint density at radius 2 is 2.10 bits per heavy atom. The van der Waals surface area contributed by atoms with Gasteiger partial charge in [-0.05, 0) is 29.1 Å². The number of nitrogens with zero attached hydrogens (tertiary/aromatic N) is 5. The normalized spacial score (nSPS) is 10.9. The Kier molecular flexibility index (Phi) is 4.78. The van der Waals surface area contributed by atoms with Crippen molar-refractivity contribution in [3.63, 3.8) is 0 Å². The number of aliphatic carboxylic acids is 1. The minimum atomic E-state index is -0.800. The van der Waals surface area contributed by atoms with Gasteiger partial charge in [0.1, 0.15) is 0 Å². The van der Waals surface area contributed by atoms with Gasteiger partial charge >= 0.3 is 5.97 Å². The van der Waals surface area contributed by atoms with Gasteiger partial charge in [0.05, 0.1) is 18.7 Å². The van der Waals surface area contributed by atoms with Crippen LogP contribution in [0.4, 0.5) is 0 Å². The van der Waals surface area contributed by atoms with Gasteiger partial charge < -0.3 is 5.11 Å². The first-order chi connectivity index (χ1) is 9.70. The lowest BCUT2D eigenvalue weighted by atomic mass is 10.3. The molecule has 1 aromatic heterocycles. The van der Waals surface area contributed by atoms with Gasteiger partial charge in [-0.3, -0.25) is 9.69 Å². The lowest BCUT2D eigenvalue weighted by molar-refractivity contribution is -0.137. The lowest BCUT2D eigenvalue weighted by Gasteiger charge is -2.18. The number of benzene rings is 1. The average molecular weight is 275 g/mol. The molecule has 106 valence electrons. The Hall–Kier alpha value is -2.28. The third kappa shape index (κ3) is 3.61. The molecule has 0 unspecified atom stereocenters. The van der Waals surface area contributed by atoms with Gasteiger partial charge in [0.2, 0.25) is 0 Å². The van der Waals surface area contributed by atoms with E-state index in [1.54, 1.807) is 4.68 Å². The summed E-state index contributed by atoms with van der Waals surface area (Å²) in [5, 5.41) is 20.4. The molecule has 0 fully saturated rings. The van der Waals surface area contributed by atoms with Crippen LogP contribution in [0, 0.1) is 0 Å². The summed E-state index contributed by atoms with van der Waals surface area (Å²) in [5.41, 5.74) is 0.891. The van der Waals surface area contributed by atoms with Crippen molar-refractivity contribution in [2.24, 2.45) is 0 Å². The van der Waals surface area contributed by atoms with Gasteiger partial charge in [0.15, 0.2) is 5.82 Å². The number of carboxylic acid groups (broad SMARTS) is 1. The van der Waals surface area contributed by atoms with E-state index in [1.165, 1.54) is 0 Å². The second-order valence-electron chi connectivity index (χ2n) is 4.35. The number of tetrazole rings is 1. The summed E-state index contributed by atoms with van der Waals surface area (Å²) in [6.45, 7) is 3.73. The Balaban J connectivity index is 2.10. The zero-order valence-electron chi connectivity index (χ0n) is 11.3. The highest BCUT2D eigenvalue weighted by molar-refractivity contribution is 5.66. The Bertz CT molecular complexity index is 555. The minimum absolute atomic E-state index is 0.112. The summed E-state index contributed by atoms with van der Waals surface area (Å²) in [6.07, 6.45) is 0.112. The number of hydrogen-bond acceptors (Lipinski definition) is 5. The van der Waals surface area contributed by atoms with E-state index in [4.69, 9.17) is 5.11 Å². The Morgan fingerprint density at radius 3 is 2.75 bits per heavy atom. The first kappa shape index (κ1) is 14.1. The number of para-hydroxylation sites is 1. The SMILES string of the molecule is CCN(CCC(=O)O)Cc1nnnn1-c1ccccc1. The molecule has 0 amide bonds. The number of hydrogen-bond donors (Lipinski definition) is 1. The fourth-order valence-corrected chi connectivity index (χ4v) is 1.88. The topological polar surface area (TPSA) is 84.1 Å². The molecule has 7 heteroatoms. The monoisotopic (exact) mass is 275 g/mol. The van der Waals surface area contributed by atoms with E-state index in [2.05, 4.69) is 15.5 Å². The molecule has 0 aliphatic rings. The second kappa shape index (κ2) is 6.76. The first-order valence-electron chi connectivity index (χ1n) is 6.47. The molecule has 0 saturated carbocycles. The minimum Gasteiger partial charge on any atom is -0.481 e. The summed E-state index contributed by atoms with van der Waals surface area (Å²) < 4.78 is 1.67. The van der Waals surface area contributed by atoms with E-state index < -0.39 is 5.97 Å². The van der Waals surface area contributed by atoms with Crippen LogP contribution in [-0.4, -0.2) is 49.3 Å². The van der Waals surface area contributed by atoms with Gasteiger partial charge in [-0.2, -0.15) is 4.68 Å². The molecule has 2 rings (SSSR count). The number of carboxylic acids is 1. The Labute approximate surface area is 116 Å². The van der Waals surface area contributed by atoms with Crippen molar-refractivity contribution in [3.8, 4) is 5.69 Å². The fourth-order valence-electron chi connectivity index (χ4n) is 1.88. The number of aromatic nitrogens is 4. The lowest BCUT2D eigenvalue weighted by Crippen LogP contribution is -2.27. The molecule has 0 aliphatic heterocycles. The van der Waals surface area contributed by atoms with Crippen molar-refractivity contribution in [1.29, 1.82) is 0 Å². The van der Waals surface area contributed by atoms with Crippen molar-refractivity contribution in [2.45, 2.75) is 19.9 Å². The van der Waals surface area contributed by atoms with Gasteiger partial charge in [-0.25, -0.2) is 0 Å². The predicted octanol–water partition coefficient (Wildman–Crippen LogP) is 0.959. The first-order valence-corrected chi connectivity index (χ1v) is 6.47. The summed E-state index contributed by atoms with van der Waals surface area (Å²) in [4.78, 5) is 12.6. The van der Waals surface area contributed by atoms with E-state index in [0.717, 1.165) is 12.2 Å². The van der Waals surface area contributed by atoms with Crippen LogP contribution >= 0.6 is 0 Å². The molecule has 1 heterocycles. The van der Waals surface area contributed by atoms with Crippen LogP contribution < -0.4 is 0 Å². The van der Waals surface area contributed by atoms with E-state index in [0.29, 0.717) is 18.9 Å². The van der Waals surface area contributed by atoms with Crippen LogP contribution in [0.15, 0.2) is 30.3 Å². The molecule has 0 aliphatic carbocycles. The summed E-state index contributed by atoms with van der Waals surface area (Å²) in [5.74, 6) is -0.102. The van der Waals surface area contributed by atoms with E-state index in [-0.39, 0.29) is 6.42 Å². The smallest absolute Gasteiger partial charge is 0.304 e. The molecule has 0 bridgehead atoms. The second-order valence-corrected chi connectivity index (χ2v) is 4.35. The summed E-state index contributed by atoms with van der Waals surface area (Å²) >= 11 is 0. The van der Waals surface area contributed by atoms with Gasteiger partial charge in [0.25, 0.3) is 0 Å². The molecule has 1 aromatic carbocycles. The largest absolute Gasteiger partial charge is 0.481 e. The molecular weight excluding hydrogens is 258 g/mol. The molecular formula is C13H17N5O2. The van der Waals surface area contributed by atoms with Gasteiger partial charge in [-0.1, -0.05) is 25.1 Å². The molecule has 0 spiro atoms. The van der Waals surface area contributed by atoms with Crippen molar-refractivity contribution < 1.29 is 9.90 Å². The maximum atomic E-state index is 10.6. The van der Waals surface area contributed by atoms with Crippen molar-refractivity contribution >= 4 is 5.97 Å². The van der Waals surface area contributed by atoms with E-state index >= 15 is 0 Å². The molecule has 0 saturated heterocycles. The quantitative estimate of drug-likeness (QED) is 0.810. The van der Waals surface area contributed by atoms with Crippen LogP contribution in [0.3, 0.4) is 0 Å². The molecule has 1 N–H and O–H groups in total. The number of rotatable bonds is 7. The summed E-state index contributed by atoms with van der Waals surface area (Å²) in [7, 11) is 0. The maximum Gasteiger partial charge on any atom is 0.304 e. The van der Waals surface area contributed by atoms with Gasteiger partial charge in [0, 0.05) is 6.54 Å². The third-order valence-corrected chi connectivity index (χ3v) is 2.99. The van der Waals surface area contributed by atoms with Crippen LogP contribution in [0.2, 0.25) is 0 Å². The van der Waals surface area contributed by atoms with Crippen molar-refractivity contribution in [1.82, 2.24) is 25.1 Å². The summed E-state index contributed by atoms with van der Waals surface area (Å²) in [6, 6.07) is 9.62. The fraction of sp³-hybridized carbons (Fsp3) is 0.385. The van der Waals surface area contributed by atoms with Crippen molar-refractivity contribution in [3.05, 3.63) is 36.2 Å². The molecule has 0 radical (unpaired) electrons. The number of carbonyl (C=O) groups is 1. The molecule has 2 aromatic rings. The maximum absolute atomic E-state index is 10.6. The van der Waals surface area contributed by atoms with Crippen molar-refractivity contribution in [2.75, 3.05) is 13.1 Å². The molecule has 7 nitrogen and oxygen atoms in total. The highest BCUT2D eigenvalue weighted by atomic mass is 16.4. The predicted molar refractivity (Wildman–Crippen MR) is 72.4 cm³/mol. The van der Waals surface area contributed by atoms with Crippen LogP contribution in [-0.2, 0) is 11.3 Å². The zero-order valence-corrected chi connectivity index (χ0v) is 11.3. The standard InChI is InChI=1S/C13H17N5O2/c1-2-17(9-8-13(19)20)10-12-14-15-16-18(12)11-6-4-3-5-7-11/h3-7H,2,8-10H2,1H3,(H,19,20). The zero-order chi connectivity index (χ0) is 14.4. The van der Waals surface area contributed by atoms with Crippen LogP contribution in [0.5, 0.6) is 0 Å². The third-order valence-electron chi connectivity index (χ3n) is 2.99. The highest BCUT2D eigenvalue weighted by Crippen LogP contribution is 2.09. The molecule has 0 atom stereocenters. The highest BCUT2D eigenvalue weighted by Gasteiger charge is 2.13. The van der Waals surface area contributed by atoms with E-state index in [9.17, 15) is 4.79 Å². The average Bonchev–Trinajstić information content (AvgIpc) is 2.92. The van der Waals surface area contributed by atoms with Gasteiger partial charge in [-0.15, -0.1) is 5.10 Å². The van der Waals surface area contributed by atoms with E-state index in [1.807, 2.05) is 42.2 Å². The van der Waals surface area contributed by atoms with Crippen LogP contribution in [0.25, 0.3) is 5.69 Å². The van der Waals surface area contributed by atoms with Crippen LogP contribution in [0.1, 0.15) is 19.2 Å². The molecule has 20 heavy (non-hydrogen) atoms.